The van der Waals surface area contributed by atoms with Crippen molar-refractivity contribution in [3.05, 3.63) is 98.8 Å². The molecule has 2 atom stereocenters. The Morgan fingerprint density at radius 1 is 0.878 bits per heavy atom. The molecule has 0 heterocycles. The van der Waals surface area contributed by atoms with E-state index in [1.807, 2.05) is 0 Å². The number of hydrogen-bond acceptors (Lipinski definition) is 3. The largest absolute Gasteiger partial charge is 0.419 e. The third kappa shape index (κ3) is 6.55. The van der Waals surface area contributed by atoms with Crippen LogP contribution in [0, 0.1) is 23.4 Å². The van der Waals surface area contributed by atoms with E-state index in [0.29, 0.717) is 18.2 Å². The molecule has 1 saturated carbocycles. The first-order valence-electron chi connectivity index (χ1n) is 11.8. The highest BCUT2D eigenvalue weighted by molar-refractivity contribution is 6.53. The van der Waals surface area contributed by atoms with Gasteiger partial charge in [0.1, 0.15) is 27.6 Å². The Morgan fingerprint density at radius 3 is 2.12 bits per heavy atom. The predicted molar refractivity (Wildman–Crippen MR) is 141 cm³/mol. The van der Waals surface area contributed by atoms with Crippen molar-refractivity contribution in [2.45, 2.75) is 36.2 Å². The summed E-state index contributed by atoms with van der Waals surface area (Å²) in [4.78, 5) is 37.3. The molecular weight excluding hydrogens is 619 g/mol. The van der Waals surface area contributed by atoms with E-state index in [0.717, 1.165) is 12.1 Å². The van der Waals surface area contributed by atoms with E-state index in [1.165, 1.54) is 25.1 Å². The van der Waals surface area contributed by atoms with Crippen molar-refractivity contribution in [1.82, 2.24) is 0 Å². The molecule has 41 heavy (non-hydrogen) atoms. The van der Waals surface area contributed by atoms with Gasteiger partial charge >= 0.3 is 6.18 Å². The van der Waals surface area contributed by atoms with Crippen LogP contribution in [0.25, 0.3) is 0 Å². The molecular formula is C28H18Cl3F6NO3. The molecule has 4 rings (SSSR count). The molecule has 0 saturated heterocycles. The molecule has 0 aliphatic heterocycles. The van der Waals surface area contributed by atoms with Crippen LogP contribution in [-0.2, 0) is 28.6 Å². The smallest absolute Gasteiger partial charge is 0.326 e. The van der Waals surface area contributed by atoms with Crippen molar-refractivity contribution in [2.24, 2.45) is 5.92 Å². The van der Waals surface area contributed by atoms with E-state index in [-0.39, 0.29) is 45.2 Å². The van der Waals surface area contributed by atoms with Crippen molar-refractivity contribution in [2.75, 3.05) is 5.32 Å². The maximum absolute atomic E-state index is 14.4. The van der Waals surface area contributed by atoms with Gasteiger partial charge in [0.2, 0.25) is 5.91 Å². The van der Waals surface area contributed by atoms with E-state index < -0.39 is 63.5 Å². The zero-order valence-electron chi connectivity index (χ0n) is 20.8. The summed E-state index contributed by atoms with van der Waals surface area (Å²) in [5.74, 6) is -7.59. The van der Waals surface area contributed by atoms with Gasteiger partial charge in [-0.25, -0.2) is 13.2 Å². The van der Waals surface area contributed by atoms with E-state index in [1.54, 1.807) is 0 Å². The summed E-state index contributed by atoms with van der Waals surface area (Å²) < 4.78 is 79.8. The number of halogens is 9. The van der Waals surface area contributed by atoms with Gasteiger partial charge in [0.05, 0.1) is 16.5 Å². The van der Waals surface area contributed by atoms with Crippen LogP contribution >= 0.6 is 34.8 Å². The molecule has 1 fully saturated rings. The van der Waals surface area contributed by atoms with Gasteiger partial charge in [-0.2, -0.15) is 13.2 Å². The monoisotopic (exact) mass is 635 g/mol. The topological polar surface area (TPSA) is 63.2 Å². The Labute approximate surface area is 244 Å². The average molecular weight is 637 g/mol. The molecule has 4 nitrogen and oxygen atoms in total. The van der Waals surface area contributed by atoms with Gasteiger partial charge in [-0.15, -0.1) is 23.2 Å². The Kier molecular flexibility index (Phi) is 8.51. The minimum absolute atomic E-state index is 0.0428. The van der Waals surface area contributed by atoms with Gasteiger partial charge in [0.15, 0.2) is 5.78 Å². The zero-order chi connectivity index (χ0) is 30.4. The van der Waals surface area contributed by atoms with Crippen LogP contribution in [0.1, 0.15) is 45.5 Å². The van der Waals surface area contributed by atoms with Gasteiger partial charge in [0.25, 0.3) is 0 Å². The number of benzene rings is 3. The van der Waals surface area contributed by atoms with Crippen LogP contribution in [0.5, 0.6) is 0 Å². The molecule has 1 aliphatic carbocycles. The quantitative estimate of drug-likeness (QED) is 0.156. The third-order valence-corrected chi connectivity index (χ3v) is 7.80. The molecule has 0 spiro atoms. The van der Waals surface area contributed by atoms with Crippen molar-refractivity contribution < 1.29 is 40.7 Å². The second-order valence-electron chi connectivity index (χ2n) is 9.56. The lowest BCUT2D eigenvalue weighted by Crippen LogP contribution is -2.17. The highest BCUT2D eigenvalue weighted by atomic mass is 35.5. The van der Waals surface area contributed by atoms with Crippen LogP contribution < -0.4 is 5.32 Å². The van der Waals surface area contributed by atoms with Crippen molar-refractivity contribution >= 4 is 58.0 Å². The second kappa shape index (κ2) is 11.3. The minimum Gasteiger partial charge on any atom is -0.326 e. The molecule has 0 unspecified atom stereocenters. The maximum Gasteiger partial charge on any atom is 0.419 e. The molecule has 3 aromatic rings. The number of ketones is 2. The fourth-order valence-electron chi connectivity index (χ4n) is 4.51. The van der Waals surface area contributed by atoms with E-state index in [2.05, 4.69) is 5.32 Å². The molecule has 0 aromatic heterocycles. The number of anilines is 1. The lowest BCUT2D eigenvalue weighted by atomic mass is 9.98. The summed E-state index contributed by atoms with van der Waals surface area (Å²) >= 11 is 18.6. The molecule has 216 valence electrons. The summed E-state index contributed by atoms with van der Waals surface area (Å²) in [6.45, 7) is 1.23. The standard InChI is InChI=1S/C28H18Cl3F6NO3/c1-12(39)6-14-7-15(22(34)11-21(14)33)9-23(40)17-10-16(3-4-19(17)29)38-26(41)25-24(27(25,30)31)13-2-5-20(32)18(8-13)28(35,36)37/h2-5,7-8,10-11,24-25H,6,9H2,1H3,(H,38,41)/t24-,25+/m0/s1. The van der Waals surface area contributed by atoms with Crippen molar-refractivity contribution in [1.29, 1.82) is 0 Å². The number of amides is 1. The van der Waals surface area contributed by atoms with Crippen LogP contribution in [-0.4, -0.2) is 21.8 Å². The van der Waals surface area contributed by atoms with Gasteiger partial charge < -0.3 is 5.32 Å². The molecule has 1 amide bonds. The Morgan fingerprint density at radius 2 is 1.51 bits per heavy atom. The normalized spacial score (nSPS) is 17.7. The van der Waals surface area contributed by atoms with Crippen molar-refractivity contribution in [3.63, 3.8) is 0 Å². The minimum atomic E-state index is -4.98. The van der Waals surface area contributed by atoms with E-state index in [4.69, 9.17) is 34.8 Å². The van der Waals surface area contributed by atoms with Crippen LogP contribution in [0.2, 0.25) is 5.02 Å². The SMILES string of the molecule is CC(=O)Cc1cc(CC(=O)c2cc(NC(=O)[C@H]3[C@H](c4ccc(F)c(C(F)(F)F)c4)C3(Cl)Cl)ccc2Cl)c(F)cc1F. The fourth-order valence-corrected chi connectivity index (χ4v) is 5.56. The Bertz CT molecular complexity index is 1570. The molecule has 0 radical (unpaired) electrons. The molecule has 0 bridgehead atoms. The number of nitrogens with one attached hydrogen (secondary N) is 1. The number of alkyl halides is 5. The third-order valence-electron chi connectivity index (χ3n) is 6.53. The summed E-state index contributed by atoms with van der Waals surface area (Å²) in [5.41, 5.74) is -1.96. The lowest BCUT2D eigenvalue weighted by molar-refractivity contribution is -0.140. The number of carbonyl (C=O) groups is 3. The van der Waals surface area contributed by atoms with E-state index >= 15 is 0 Å². The number of hydrogen-bond donors (Lipinski definition) is 1. The highest BCUT2D eigenvalue weighted by Crippen LogP contribution is 2.65. The van der Waals surface area contributed by atoms with Crippen molar-refractivity contribution in [3.8, 4) is 0 Å². The number of rotatable bonds is 8. The second-order valence-corrected chi connectivity index (χ2v) is 11.4. The van der Waals surface area contributed by atoms with E-state index in [9.17, 15) is 40.7 Å². The lowest BCUT2D eigenvalue weighted by Gasteiger charge is -2.11. The predicted octanol–water partition coefficient (Wildman–Crippen LogP) is 7.86. The van der Waals surface area contributed by atoms with Crippen LogP contribution in [0.15, 0.2) is 48.5 Å². The summed E-state index contributed by atoms with van der Waals surface area (Å²) in [6.07, 6.45) is -5.82. The van der Waals surface area contributed by atoms with Gasteiger partial charge in [0, 0.05) is 36.1 Å². The Balaban J connectivity index is 1.53. The first kappa shape index (κ1) is 30.9. The fraction of sp³-hybridized carbons (Fsp3) is 0.250. The first-order valence-corrected chi connectivity index (χ1v) is 13.0. The van der Waals surface area contributed by atoms with Crippen LogP contribution in [0.4, 0.5) is 32.0 Å². The molecule has 1 aliphatic rings. The average Bonchev–Trinajstić information content (AvgIpc) is 3.44. The molecule has 1 N–H and O–H groups in total. The Hall–Kier alpha value is -3.08. The summed E-state index contributed by atoms with van der Waals surface area (Å²) in [6, 6.07) is 7.68. The zero-order valence-corrected chi connectivity index (χ0v) is 23.1. The number of carbonyl (C=O) groups excluding carboxylic acids is 3. The molecule has 3 aromatic carbocycles. The van der Waals surface area contributed by atoms with Crippen LogP contribution in [0.3, 0.4) is 0 Å². The van der Waals surface area contributed by atoms with Gasteiger partial charge in [-0.05, 0) is 60.0 Å². The maximum atomic E-state index is 14.4. The summed E-state index contributed by atoms with van der Waals surface area (Å²) in [7, 11) is 0. The highest BCUT2D eigenvalue weighted by Gasteiger charge is 2.67. The number of Topliss-reactive ketones (excluding diaryl/α,β-unsaturated/α-hetero) is 2. The molecule has 13 heteroatoms. The van der Waals surface area contributed by atoms with Gasteiger partial charge in [-0.3, -0.25) is 14.4 Å². The summed E-state index contributed by atoms with van der Waals surface area (Å²) in [5, 5.41) is 2.43. The van der Waals surface area contributed by atoms with Gasteiger partial charge in [-0.1, -0.05) is 17.7 Å². The first-order chi connectivity index (χ1) is 19.0.